The number of hydrogen-bond donors (Lipinski definition) is 1. The number of benzene rings is 2. The summed E-state index contributed by atoms with van der Waals surface area (Å²) in [5.74, 6) is 0.144. The summed E-state index contributed by atoms with van der Waals surface area (Å²) >= 11 is 0. The van der Waals surface area contributed by atoms with Crippen molar-refractivity contribution in [1.82, 2.24) is 5.32 Å². The molecule has 0 aromatic heterocycles. The van der Waals surface area contributed by atoms with E-state index in [0.29, 0.717) is 18.0 Å². The lowest BCUT2D eigenvalue weighted by Crippen LogP contribution is -2.47. The first-order valence-electron chi connectivity index (χ1n) is 8.19. The van der Waals surface area contributed by atoms with Gasteiger partial charge in [0.1, 0.15) is 11.8 Å². The molecule has 1 amide bonds. The Hall–Kier alpha value is -2.54. The molecule has 0 aliphatic heterocycles. The Kier molecular flexibility index (Phi) is 6.26. The second kappa shape index (κ2) is 8.23. The van der Waals surface area contributed by atoms with Crippen LogP contribution >= 0.6 is 0 Å². The van der Waals surface area contributed by atoms with E-state index < -0.39 is 16.1 Å². The Bertz CT molecular complexity index is 881. The minimum Gasteiger partial charge on any atom is -0.497 e. The third kappa shape index (κ3) is 4.76. The van der Waals surface area contributed by atoms with Gasteiger partial charge in [-0.15, -0.1) is 0 Å². The Morgan fingerprint density at radius 2 is 1.88 bits per heavy atom. The van der Waals surface area contributed by atoms with Crippen LogP contribution in [0.25, 0.3) is 0 Å². The van der Waals surface area contributed by atoms with E-state index in [2.05, 4.69) is 5.32 Å². The lowest BCUT2D eigenvalue weighted by molar-refractivity contribution is -0.122. The van der Waals surface area contributed by atoms with Crippen LogP contribution in [0.15, 0.2) is 48.5 Å². The molecule has 0 bridgehead atoms. The molecule has 0 aliphatic rings. The summed E-state index contributed by atoms with van der Waals surface area (Å²) in [6.07, 6.45) is 1.08. The largest absolute Gasteiger partial charge is 0.497 e. The van der Waals surface area contributed by atoms with Crippen LogP contribution in [-0.4, -0.2) is 33.7 Å². The van der Waals surface area contributed by atoms with Crippen LogP contribution in [0, 0.1) is 6.92 Å². The maximum Gasteiger partial charge on any atom is 0.243 e. The van der Waals surface area contributed by atoms with E-state index in [1.807, 2.05) is 31.2 Å². The van der Waals surface area contributed by atoms with Gasteiger partial charge in [0.25, 0.3) is 0 Å². The number of hydrogen-bond acceptors (Lipinski definition) is 4. The molecule has 1 N–H and O–H groups in total. The topological polar surface area (TPSA) is 75.7 Å². The van der Waals surface area contributed by atoms with Crippen molar-refractivity contribution in [3.05, 3.63) is 59.7 Å². The minimum absolute atomic E-state index is 0.339. The van der Waals surface area contributed by atoms with E-state index in [0.717, 1.165) is 21.7 Å². The predicted molar refractivity (Wildman–Crippen MR) is 103 cm³/mol. The zero-order valence-corrected chi connectivity index (χ0v) is 16.2. The van der Waals surface area contributed by atoms with E-state index >= 15 is 0 Å². The second-order valence-corrected chi connectivity index (χ2v) is 7.94. The molecule has 0 unspecified atom stereocenters. The molecule has 2 aromatic carbocycles. The third-order valence-electron chi connectivity index (χ3n) is 4.11. The van der Waals surface area contributed by atoms with Gasteiger partial charge in [0, 0.05) is 12.6 Å². The highest BCUT2D eigenvalue weighted by atomic mass is 32.2. The van der Waals surface area contributed by atoms with Gasteiger partial charge in [0.2, 0.25) is 15.9 Å². The van der Waals surface area contributed by atoms with E-state index in [1.54, 1.807) is 31.2 Å². The molecular weight excluding hydrogens is 352 g/mol. The van der Waals surface area contributed by atoms with Crippen molar-refractivity contribution < 1.29 is 17.9 Å². The third-order valence-corrected chi connectivity index (χ3v) is 5.35. The first-order chi connectivity index (χ1) is 12.2. The van der Waals surface area contributed by atoms with Crippen molar-refractivity contribution in [2.24, 2.45) is 0 Å². The second-order valence-electron chi connectivity index (χ2n) is 6.08. The molecule has 6 nitrogen and oxygen atoms in total. The normalized spacial score (nSPS) is 12.3. The van der Waals surface area contributed by atoms with Gasteiger partial charge >= 0.3 is 0 Å². The lowest BCUT2D eigenvalue weighted by atomic mass is 10.1. The van der Waals surface area contributed by atoms with Crippen LogP contribution in [0.2, 0.25) is 0 Å². The number of amides is 1. The van der Waals surface area contributed by atoms with Crippen molar-refractivity contribution in [3.63, 3.8) is 0 Å². The van der Waals surface area contributed by atoms with Crippen LogP contribution in [0.1, 0.15) is 18.1 Å². The van der Waals surface area contributed by atoms with Gasteiger partial charge in [-0.1, -0.05) is 30.3 Å². The number of nitrogens with zero attached hydrogens (tertiary/aromatic N) is 1. The number of methoxy groups -OCH3 is 1. The van der Waals surface area contributed by atoms with E-state index in [-0.39, 0.29) is 5.91 Å². The summed E-state index contributed by atoms with van der Waals surface area (Å²) in [4.78, 5) is 12.6. The van der Waals surface area contributed by atoms with Gasteiger partial charge in [0.15, 0.2) is 0 Å². The van der Waals surface area contributed by atoms with Gasteiger partial charge in [-0.2, -0.15) is 0 Å². The molecule has 0 fully saturated rings. The fourth-order valence-electron chi connectivity index (χ4n) is 2.69. The first-order valence-corrected chi connectivity index (χ1v) is 10.0. The molecule has 0 saturated carbocycles. The monoisotopic (exact) mass is 376 g/mol. The lowest BCUT2D eigenvalue weighted by Gasteiger charge is -2.28. The Balaban J connectivity index is 2.22. The molecule has 0 radical (unpaired) electrons. The van der Waals surface area contributed by atoms with Crippen molar-refractivity contribution >= 4 is 21.6 Å². The van der Waals surface area contributed by atoms with Crippen molar-refractivity contribution in [3.8, 4) is 5.75 Å². The summed E-state index contributed by atoms with van der Waals surface area (Å²) in [5.41, 5.74) is 2.43. The smallest absolute Gasteiger partial charge is 0.243 e. The van der Waals surface area contributed by atoms with Crippen LogP contribution in [-0.2, 0) is 21.4 Å². The Morgan fingerprint density at radius 3 is 2.50 bits per heavy atom. The summed E-state index contributed by atoms with van der Waals surface area (Å²) in [5, 5.41) is 2.81. The SMILES string of the molecule is COc1cccc(N([C@@H](C)C(=O)NCc2ccccc2C)S(C)(=O)=O)c1. The molecule has 140 valence electrons. The molecule has 0 aliphatic carbocycles. The fourth-order valence-corrected chi connectivity index (χ4v) is 3.86. The molecule has 26 heavy (non-hydrogen) atoms. The average molecular weight is 376 g/mol. The number of carbonyl (C=O) groups excluding carboxylic acids is 1. The average Bonchev–Trinajstić information content (AvgIpc) is 2.59. The highest BCUT2D eigenvalue weighted by Crippen LogP contribution is 2.25. The zero-order valence-electron chi connectivity index (χ0n) is 15.4. The van der Waals surface area contributed by atoms with E-state index in [4.69, 9.17) is 4.74 Å². The van der Waals surface area contributed by atoms with Crippen molar-refractivity contribution in [2.75, 3.05) is 17.7 Å². The summed E-state index contributed by atoms with van der Waals surface area (Å²) in [6, 6.07) is 13.4. The number of rotatable bonds is 7. The van der Waals surface area contributed by atoms with Crippen molar-refractivity contribution in [2.45, 2.75) is 26.4 Å². The summed E-state index contributed by atoms with van der Waals surface area (Å²) < 4.78 is 30.9. The minimum atomic E-state index is -3.66. The number of anilines is 1. The molecule has 2 aromatic rings. The van der Waals surface area contributed by atoms with Crippen molar-refractivity contribution in [1.29, 1.82) is 0 Å². The predicted octanol–water partition coefficient (Wildman–Crippen LogP) is 2.47. The highest BCUT2D eigenvalue weighted by molar-refractivity contribution is 7.92. The van der Waals surface area contributed by atoms with Crippen LogP contribution in [0.3, 0.4) is 0 Å². The summed E-state index contributed by atoms with van der Waals surface area (Å²) in [6.45, 7) is 3.86. The Labute approximate surface area is 154 Å². The van der Waals surface area contributed by atoms with E-state index in [1.165, 1.54) is 7.11 Å². The molecule has 0 spiro atoms. The van der Waals surface area contributed by atoms with Gasteiger partial charge in [0.05, 0.1) is 19.1 Å². The Morgan fingerprint density at radius 1 is 1.19 bits per heavy atom. The van der Waals surface area contributed by atoms with Gasteiger partial charge in [-0.25, -0.2) is 8.42 Å². The van der Waals surface area contributed by atoms with E-state index in [9.17, 15) is 13.2 Å². The number of nitrogens with one attached hydrogen (secondary N) is 1. The maximum absolute atomic E-state index is 12.6. The fraction of sp³-hybridized carbons (Fsp3) is 0.316. The standard InChI is InChI=1S/C19H24N2O4S/c1-14-8-5-6-9-16(14)13-20-19(22)15(2)21(26(4,23)24)17-10-7-11-18(12-17)25-3/h5-12,15H,13H2,1-4H3,(H,20,22)/t15-/m0/s1. The van der Waals surface area contributed by atoms with Gasteiger partial charge < -0.3 is 10.1 Å². The van der Waals surface area contributed by atoms with Crippen LogP contribution < -0.4 is 14.4 Å². The maximum atomic E-state index is 12.6. The van der Waals surface area contributed by atoms with Crippen LogP contribution in [0.5, 0.6) is 5.75 Å². The molecular formula is C19H24N2O4S. The van der Waals surface area contributed by atoms with Crippen LogP contribution in [0.4, 0.5) is 5.69 Å². The number of aryl methyl sites for hydroxylation is 1. The highest BCUT2D eigenvalue weighted by Gasteiger charge is 2.29. The zero-order chi connectivity index (χ0) is 19.3. The quantitative estimate of drug-likeness (QED) is 0.805. The number of carbonyl (C=O) groups is 1. The molecule has 0 saturated heterocycles. The summed E-state index contributed by atoms with van der Waals surface area (Å²) in [7, 11) is -2.16. The van der Waals surface area contributed by atoms with Gasteiger partial charge in [-0.3, -0.25) is 9.10 Å². The number of sulfonamides is 1. The molecule has 2 rings (SSSR count). The first kappa shape index (κ1) is 19.8. The molecule has 1 atom stereocenters. The number of ether oxygens (including phenoxy) is 1. The molecule has 7 heteroatoms. The van der Waals surface area contributed by atoms with Gasteiger partial charge in [-0.05, 0) is 37.1 Å². The molecule has 0 heterocycles.